The predicted octanol–water partition coefficient (Wildman–Crippen LogP) is 2.70. The molecule has 0 amide bonds. The summed E-state index contributed by atoms with van der Waals surface area (Å²) in [6.07, 6.45) is 5.21. The predicted molar refractivity (Wildman–Crippen MR) is 71.6 cm³/mol. The summed E-state index contributed by atoms with van der Waals surface area (Å²) in [5.41, 5.74) is -0.178. The molecule has 17 heavy (non-hydrogen) atoms. The molecule has 0 saturated heterocycles. The van der Waals surface area contributed by atoms with E-state index in [0.717, 1.165) is 45.2 Å². The molecule has 0 saturated carbocycles. The van der Waals surface area contributed by atoms with E-state index >= 15 is 0 Å². The lowest BCUT2D eigenvalue weighted by atomic mass is 9.89. The van der Waals surface area contributed by atoms with Crippen molar-refractivity contribution in [2.24, 2.45) is 11.3 Å². The van der Waals surface area contributed by atoms with Gasteiger partial charge in [0, 0.05) is 6.61 Å². The average Bonchev–Trinajstić information content (AvgIpc) is 2.32. The van der Waals surface area contributed by atoms with Crippen molar-refractivity contribution in [2.75, 3.05) is 19.7 Å². The van der Waals surface area contributed by atoms with E-state index in [-0.39, 0.29) is 12.0 Å². The summed E-state index contributed by atoms with van der Waals surface area (Å²) < 4.78 is 0. The Morgan fingerprint density at radius 1 is 1.35 bits per heavy atom. The van der Waals surface area contributed by atoms with Gasteiger partial charge < -0.3 is 10.4 Å². The zero-order valence-electron chi connectivity index (χ0n) is 11.6. The van der Waals surface area contributed by atoms with E-state index in [9.17, 15) is 0 Å². The van der Waals surface area contributed by atoms with Crippen LogP contribution >= 0.6 is 0 Å². The number of aliphatic hydroxyl groups is 1. The Bertz CT molecular complexity index is 221. The quantitative estimate of drug-likeness (QED) is 0.577. The van der Waals surface area contributed by atoms with Gasteiger partial charge in [-0.05, 0) is 52.1 Å². The largest absolute Gasteiger partial charge is 0.396 e. The Balaban J connectivity index is 3.43. The molecule has 2 N–H and O–H groups in total. The molecule has 1 unspecified atom stereocenters. The first-order valence-corrected chi connectivity index (χ1v) is 6.78. The van der Waals surface area contributed by atoms with Gasteiger partial charge in [-0.2, -0.15) is 5.26 Å². The number of unbranched alkanes of at least 4 members (excludes halogenated alkanes) is 1. The fraction of sp³-hybridized carbons (Fsp3) is 0.929. The van der Waals surface area contributed by atoms with Gasteiger partial charge in [-0.3, -0.25) is 0 Å². The minimum Gasteiger partial charge on any atom is -0.396 e. The number of aliphatic hydroxyl groups excluding tert-OH is 1. The molecule has 0 aromatic rings. The van der Waals surface area contributed by atoms with Crippen LogP contribution < -0.4 is 5.32 Å². The highest BCUT2D eigenvalue weighted by Crippen LogP contribution is 2.21. The molecule has 0 aliphatic rings. The number of nitrogens with one attached hydrogen (secondary N) is 1. The summed E-state index contributed by atoms with van der Waals surface area (Å²) in [7, 11) is 0. The molecule has 0 radical (unpaired) electrons. The summed E-state index contributed by atoms with van der Waals surface area (Å²) in [4.78, 5) is 0. The van der Waals surface area contributed by atoms with Crippen molar-refractivity contribution in [3.05, 3.63) is 0 Å². The van der Waals surface area contributed by atoms with Crippen LogP contribution in [0.5, 0.6) is 0 Å². The lowest BCUT2D eigenvalue weighted by Gasteiger charge is -2.16. The van der Waals surface area contributed by atoms with Gasteiger partial charge in [0.15, 0.2) is 0 Å². The van der Waals surface area contributed by atoms with Gasteiger partial charge in [-0.25, -0.2) is 0 Å². The summed E-state index contributed by atoms with van der Waals surface area (Å²) in [5.74, 6) is 0.593. The van der Waals surface area contributed by atoms with E-state index in [1.807, 2.05) is 13.8 Å². The summed E-state index contributed by atoms with van der Waals surface area (Å²) in [6, 6.07) is 2.33. The van der Waals surface area contributed by atoms with Crippen molar-refractivity contribution in [3.63, 3.8) is 0 Å². The van der Waals surface area contributed by atoms with E-state index in [0.29, 0.717) is 5.92 Å². The molecular formula is C14H28N2O. The fourth-order valence-corrected chi connectivity index (χ4v) is 1.81. The number of nitrogens with zero attached hydrogens (tertiary/aromatic N) is 1. The van der Waals surface area contributed by atoms with Gasteiger partial charge in [0.05, 0.1) is 11.5 Å². The third kappa shape index (κ3) is 9.14. The van der Waals surface area contributed by atoms with E-state index in [1.54, 1.807) is 0 Å². The van der Waals surface area contributed by atoms with Crippen molar-refractivity contribution in [2.45, 2.75) is 52.9 Å². The number of hydrogen-bond donors (Lipinski definition) is 2. The molecule has 0 aliphatic heterocycles. The first kappa shape index (κ1) is 16.4. The van der Waals surface area contributed by atoms with E-state index in [2.05, 4.69) is 18.3 Å². The maximum Gasteiger partial charge on any atom is 0.0683 e. The van der Waals surface area contributed by atoms with Crippen molar-refractivity contribution in [1.82, 2.24) is 5.32 Å². The highest BCUT2D eigenvalue weighted by molar-refractivity contribution is 4.91. The Morgan fingerprint density at radius 2 is 2.06 bits per heavy atom. The van der Waals surface area contributed by atoms with Crippen LogP contribution in [0.1, 0.15) is 52.9 Å². The van der Waals surface area contributed by atoms with Gasteiger partial charge in [0.1, 0.15) is 0 Å². The summed E-state index contributed by atoms with van der Waals surface area (Å²) >= 11 is 0. The standard InChI is InChI=1S/C14H28N2O/c1-4-13(7-10-17)11-16-9-6-5-8-14(2,3)12-15/h13,16-17H,4-11H2,1-3H3. The minimum absolute atomic E-state index is 0.178. The molecular weight excluding hydrogens is 212 g/mol. The van der Waals surface area contributed by atoms with Crippen LogP contribution in [0, 0.1) is 22.7 Å². The molecule has 0 bridgehead atoms. The molecule has 0 rings (SSSR count). The maximum atomic E-state index is 8.87. The van der Waals surface area contributed by atoms with Gasteiger partial charge in [0.25, 0.3) is 0 Å². The van der Waals surface area contributed by atoms with E-state index in [4.69, 9.17) is 10.4 Å². The molecule has 0 heterocycles. The van der Waals surface area contributed by atoms with Gasteiger partial charge in [0.2, 0.25) is 0 Å². The smallest absolute Gasteiger partial charge is 0.0683 e. The Morgan fingerprint density at radius 3 is 2.59 bits per heavy atom. The summed E-state index contributed by atoms with van der Waals surface area (Å²) in [6.45, 7) is 8.46. The minimum atomic E-state index is -0.178. The highest BCUT2D eigenvalue weighted by atomic mass is 16.3. The molecule has 100 valence electrons. The average molecular weight is 240 g/mol. The van der Waals surface area contributed by atoms with E-state index < -0.39 is 0 Å². The first-order valence-electron chi connectivity index (χ1n) is 6.78. The number of hydrogen-bond acceptors (Lipinski definition) is 3. The lowest BCUT2D eigenvalue weighted by molar-refractivity contribution is 0.251. The van der Waals surface area contributed by atoms with Crippen LogP contribution in [0.2, 0.25) is 0 Å². The Kier molecular flexibility index (Phi) is 9.11. The molecule has 0 aromatic carbocycles. The van der Waals surface area contributed by atoms with Crippen LogP contribution in [-0.2, 0) is 0 Å². The fourth-order valence-electron chi connectivity index (χ4n) is 1.81. The number of nitriles is 1. The third-order valence-electron chi connectivity index (χ3n) is 3.26. The lowest BCUT2D eigenvalue weighted by Crippen LogP contribution is -2.24. The molecule has 0 aliphatic carbocycles. The van der Waals surface area contributed by atoms with Gasteiger partial charge in [-0.15, -0.1) is 0 Å². The SMILES string of the molecule is CCC(CCO)CNCCCCC(C)(C)C#N. The van der Waals surface area contributed by atoms with Crippen LogP contribution in [-0.4, -0.2) is 24.8 Å². The van der Waals surface area contributed by atoms with Crippen molar-refractivity contribution < 1.29 is 5.11 Å². The van der Waals surface area contributed by atoms with Crippen LogP contribution in [0.15, 0.2) is 0 Å². The zero-order valence-corrected chi connectivity index (χ0v) is 11.6. The molecule has 1 atom stereocenters. The molecule has 3 heteroatoms. The second-order valence-electron chi connectivity index (χ2n) is 5.44. The normalized spacial score (nSPS) is 13.4. The van der Waals surface area contributed by atoms with Crippen LogP contribution in [0.25, 0.3) is 0 Å². The highest BCUT2D eigenvalue weighted by Gasteiger charge is 2.15. The topological polar surface area (TPSA) is 56.0 Å². The molecule has 0 fully saturated rings. The maximum absolute atomic E-state index is 8.87. The van der Waals surface area contributed by atoms with Gasteiger partial charge in [-0.1, -0.05) is 19.8 Å². The Hall–Kier alpha value is -0.590. The zero-order chi connectivity index (χ0) is 13.1. The van der Waals surface area contributed by atoms with Crippen molar-refractivity contribution in [1.29, 1.82) is 5.26 Å². The van der Waals surface area contributed by atoms with Crippen LogP contribution in [0.4, 0.5) is 0 Å². The van der Waals surface area contributed by atoms with Gasteiger partial charge >= 0.3 is 0 Å². The second-order valence-corrected chi connectivity index (χ2v) is 5.44. The monoisotopic (exact) mass is 240 g/mol. The molecule has 3 nitrogen and oxygen atoms in total. The van der Waals surface area contributed by atoms with Crippen LogP contribution in [0.3, 0.4) is 0 Å². The number of rotatable bonds is 10. The molecule has 0 aromatic heterocycles. The first-order chi connectivity index (χ1) is 8.05. The Labute approximate surface area is 106 Å². The van der Waals surface area contributed by atoms with Crippen molar-refractivity contribution >= 4 is 0 Å². The van der Waals surface area contributed by atoms with E-state index in [1.165, 1.54) is 0 Å². The molecule has 0 spiro atoms. The second kappa shape index (κ2) is 9.44. The summed E-state index contributed by atoms with van der Waals surface area (Å²) in [5, 5.41) is 21.2. The van der Waals surface area contributed by atoms with Crippen molar-refractivity contribution in [3.8, 4) is 6.07 Å². The third-order valence-corrected chi connectivity index (χ3v) is 3.26.